The van der Waals surface area contributed by atoms with E-state index in [1.165, 1.54) is 0 Å². The molecule has 1 saturated heterocycles. The third-order valence-electron chi connectivity index (χ3n) is 5.05. The summed E-state index contributed by atoms with van der Waals surface area (Å²) in [5, 5.41) is 0. The number of anilines is 1. The summed E-state index contributed by atoms with van der Waals surface area (Å²) in [4.78, 5) is 16.9. The van der Waals surface area contributed by atoms with Gasteiger partial charge in [-0.1, -0.05) is 24.3 Å². The fourth-order valence-corrected chi connectivity index (χ4v) is 3.38. The minimum Gasteiger partial charge on any atom is -0.493 e. The molecule has 2 aromatic carbocycles. The molecule has 1 fully saturated rings. The van der Waals surface area contributed by atoms with Crippen LogP contribution >= 0.6 is 0 Å². The minimum atomic E-state index is -0.0666. The van der Waals surface area contributed by atoms with Gasteiger partial charge < -0.3 is 24.0 Å². The van der Waals surface area contributed by atoms with Gasteiger partial charge in [0.1, 0.15) is 0 Å². The fourth-order valence-electron chi connectivity index (χ4n) is 3.38. The number of ether oxygens (including phenoxy) is 3. The summed E-state index contributed by atoms with van der Waals surface area (Å²) in [7, 11) is 5.61. The molecule has 6 nitrogen and oxygen atoms in total. The monoisotopic (exact) mass is 398 g/mol. The first kappa shape index (κ1) is 21.0. The molecule has 0 spiro atoms. The van der Waals surface area contributed by atoms with Crippen molar-refractivity contribution in [3.05, 3.63) is 54.1 Å². The highest BCUT2D eigenvalue weighted by molar-refractivity contribution is 5.78. The van der Waals surface area contributed by atoms with Gasteiger partial charge in [-0.15, -0.1) is 0 Å². The Morgan fingerprint density at radius 2 is 1.83 bits per heavy atom. The van der Waals surface area contributed by atoms with Gasteiger partial charge in [-0.25, -0.2) is 0 Å². The van der Waals surface area contributed by atoms with E-state index >= 15 is 0 Å². The zero-order valence-corrected chi connectivity index (χ0v) is 17.5. The average molecular weight is 399 g/mol. The van der Waals surface area contributed by atoms with E-state index in [9.17, 15) is 4.79 Å². The van der Waals surface area contributed by atoms with E-state index < -0.39 is 0 Å². The highest BCUT2D eigenvalue weighted by Crippen LogP contribution is 2.26. The zero-order valence-electron chi connectivity index (χ0n) is 17.5. The van der Waals surface area contributed by atoms with Gasteiger partial charge in [0.05, 0.1) is 13.2 Å². The summed E-state index contributed by atoms with van der Waals surface area (Å²) >= 11 is 0. The fraction of sp³-hybridized carbons (Fsp3) is 0.435. The Bertz CT molecular complexity index is 786. The number of benzene rings is 2. The van der Waals surface area contributed by atoms with Gasteiger partial charge in [-0.05, 0) is 42.7 Å². The summed E-state index contributed by atoms with van der Waals surface area (Å²) < 4.78 is 16.8. The number of carbonyl (C=O) groups is 1. The van der Waals surface area contributed by atoms with Crippen molar-refractivity contribution in [1.29, 1.82) is 0 Å². The smallest absolute Gasteiger partial charge is 0.260 e. The average Bonchev–Trinajstić information content (AvgIpc) is 3.25. The molecule has 0 aromatic heterocycles. The summed E-state index contributed by atoms with van der Waals surface area (Å²) in [6, 6.07) is 15.6. The SMILES string of the molecule is COc1ccccc1OCC(=O)N(Cc1ccc(N(C)C)cc1)C[C@@H]1CCCO1. The van der Waals surface area contributed by atoms with Crippen LogP contribution in [0.25, 0.3) is 0 Å². The maximum absolute atomic E-state index is 13.0. The number of rotatable bonds is 9. The molecule has 29 heavy (non-hydrogen) atoms. The third kappa shape index (κ3) is 5.87. The standard InChI is InChI=1S/C23H30N2O4/c1-24(2)19-12-10-18(11-13-19)15-25(16-20-7-6-14-28-20)23(26)17-29-22-9-5-4-8-21(22)27-3/h4-5,8-13,20H,6-7,14-17H2,1-3H3/t20-/m0/s1. The number of para-hydroxylation sites is 2. The van der Waals surface area contributed by atoms with Crippen LogP contribution in [0.15, 0.2) is 48.5 Å². The van der Waals surface area contributed by atoms with Gasteiger partial charge in [-0.2, -0.15) is 0 Å². The highest BCUT2D eigenvalue weighted by atomic mass is 16.5. The summed E-state index contributed by atoms with van der Waals surface area (Å²) in [5.41, 5.74) is 2.21. The molecule has 6 heteroatoms. The van der Waals surface area contributed by atoms with Gasteiger partial charge in [0, 0.05) is 39.5 Å². The lowest BCUT2D eigenvalue weighted by atomic mass is 10.1. The van der Waals surface area contributed by atoms with E-state index in [4.69, 9.17) is 14.2 Å². The summed E-state index contributed by atoms with van der Waals surface area (Å²) in [5.74, 6) is 1.11. The molecular formula is C23H30N2O4. The second-order valence-electron chi connectivity index (χ2n) is 7.41. The van der Waals surface area contributed by atoms with Gasteiger partial charge in [0.15, 0.2) is 18.1 Å². The van der Waals surface area contributed by atoms with Gasteiger partial charge in [0.2, 0.25) is 0 Å². The van der Waals surface area contributed by atoms with E-state index in [1.54, 1.807) is 13.2 Å². The van der Waals surface area contributed by atoms with Crippen LogP contribution < -0.4 is 14.4 Å². The van der Waals surface area contributed by atoms with Crippen LogP contribution in [-0.4, -0.2) is 57.9 Å². The van der Waals surface area contributed by atoms with Gasteiger partial charge >= 0.3 is 0 Å². The number of methoxy groups -OCH3 is 1. The molecule has 0 bridgehead atoms. The Kier molecular flexibility index (Phi) is 7.36. The van der Waals surface area contributed by atoms with E-state index in [1.807, 2.05) is 37.2 Å². The molecule has 0 unspecified atom stereocenters. The maximum Gasteiger partial charge on any atom is 0.260 e. The molecule has 2 aromatic rings. The largest absolute Gasteiger partial charge is 0.493 e. The summed E-state index contributed by atoms with van der Waals surface area (Å²) in [6.45, 7) is 1.83. The molecule has 1 heterocycles. The predicted octanol–water partition coefficient (Wildman–Crippen LogP) is 3.35. The van der Waals surface area contributed by atoms with Crippen molar-refractivity contribution in [2.24, 2.45) is 0 Å². The molecule has 156 valence electrons. The molecular weight excluding hydrogens is 368 g/mol. The lowest BCUT2D eigenvalue weighted by Gasteiger charge is -2.26. The normalized spacial score (nSPS) is 15.8. The quantitative estimate of drug-likeness (QED) is 0.648. The van der Waals surface area contributed by atoms with Crippen molar-refractivity contribution < 1.29 is 19.0 Å². The second-order valence-corrected chi connectivity index (χ2v) is 7.41. The lowest BCUT2D eigenvalue weighted by molar-refractivity contribution is -0.135. The number of hydrogen-bond donors (Lipinski definition) is 0. The van der Waals surface area contributed by atoms with Crippen LogP contribution in [0.5, 0.6) is 11.5 Å². The molecule has 0 saturated carbocycles. The Labute approximate surface area is 173 Å². The lowest BCUT2D eigenvalue weighted by Crippen LogP contribution is -2.39. The predicted molar refractivity (Wildman–Crippen MR) is 114 cm³/mol. The van der Waals surface area contributed by atoms with Crippen LogP contribution in [0.3, 0.4) is 0 Å². The van der Waals surface area contributed by atoms with E-state index in [0.717, 1.165) is 30.7 Å². The molecule has 0 radical (unpaired) electrons. The van der Waals surface area contributed by atoms with Crippen molar-refractivity contribution in [2.45, 2.75) is 25.5 Å². The van der Waals surface area contributed by atoms with Crippen LogP contribution in [0.2, 0.25) is 0 Å². The molecule has 3 rings (SSSR count). The second kappa shape index (κ2) is 10.2. The minimum absolute atomic E-state index is 0.0388. The molecule has 0 aliphatic carbocycles. The first-order valence-electron chi connectivity index (χ1n) is 9.98. The molecule has 1 amide bonds. The van der Waals surface area contributed by atoms with Crippen molar-refractivity contribution in [2.75, 3.05) is 45.9 Å². The van der Waals surface area contributed by atoms with Crippen molar-refractivity contribution in [1.82, 2.24) is 4.90 Å². The summed E-state index contributed by atoms with van der Waals surface area (Å²) in [6.07, 6.45) is 2.12. The maximum atomic E-state index is 13.0. The number of hydrogen-bond acceptors (Lipinski definition) is 5. The topological polar surface area (TPSA) is 51.2 Å². The van der Waals surface area contributed by atoms with Crippen molar-refractivity contribution in [3.8, 4) is 11.5 Å². The van der Waals surface area contributed by atoms with Crippen LogP contribution in [0.1, 0.15) is 18.4 Å². The van der Waals surface area contributed by atoms with Crippen molar-refractivity contribution >= 4 is 11.6 Å². The molecule has 1 aliphatic rings. The van der Waals surface area contributed by atoms with Gasteiger partial charge in [0.25, 0.3) is 5.91 Å². The van der Waals surface area contributed by atoms with Crippen molar-refractivity contribution in [3.63, 3.8) is 0 Å². The van der Waals surface area contributed by atoms with Crippen LogP contribution in [0.4, 0.5) is 5.69 Å². The molecule has 1 aliphatic heterocycles. The van der Waals surface area contributed by atoms with E-state index in [0.29, 0.717) is 24.6 Å². The first-order valence-corrected chi connectivity index (χ1v) is 9.98. The Morgan fingerprint density at radius 3 is 2.45 bits per heavy atom. The highest BCUT2D eigenvalue weighted by Gasteiger charge is 2.23. The van der Waals surface area contributed by atoms with Crippen LogP contribution in [0, 0.1) is 0 Å². The third-order valence-corrected chi connectivity index (χ3v) is 5.05. The number of nitrogens with zero attached hydrogens (tertiary/aromatic N) is 2. The van der Waals surface area contributed by atoms with Gasteiger partial charge in [-0.3, -0.25) is 4.79 Å². The number of amides is 1. The Hall–Kier alpha value is -2.73. The van der Waals surface area contributed by atoms with E-state index in [2.05, 4.69) is 29.2 Å². The van der Waals surface area contributed by atoms with E-state index in [-0.39, 0.29) is 18.6 Å². The Morgan fingerprint density at radius 1 is 1.10 bits per heavy atom. The number of carbonyl (C=O) groups excluding carboxylic acids is 1. The van der Waals surface area contributed by atoms with Crippen LogP contribution in [-0.2, 0) is 16.1 Å². The zero-order chi connectivity index (χ0) is 20.6. The first-order chi connectivity index (χ1) is 14.1. The molecule has 0 N–H and O–H groups in total. The Balaban J connectivity index is 1.67. The molecule has 1 atom stereocenters.